The van der Waals surface area contributed by atoms with E-state index in [2.05, 4.69) is 21.2 Å². The van der Waals surface area contributed by atoms with Crippen molar-refractivity contribution in [2.45, 2.75) is 25.2 Å². The molecule has 0 radical (unpaired) electrons. The number of nitrogens with two attached hydrogens (primary N) is 1. The van der Waals surface area contributed by atoms with Crippen molar-refractivity contribution in [3.8, 4) is 0 Å². The van der Waals surface area contributed by atoms with Crippen molar-refractivity contribution in [3.05, 3.63) is 27.2 Å². The van der Waals surface area contributed by atoms with E-state index in [1.165, 1.54) is 12.1 Å². The van der Waals surface area contributed by atoms with Crippen LogP contribution in [0.2, 0.25) is 5.02 Å². The molecule has 0 saturated heterocycles. The summed E-state index contributed by atoms with van der Waals surface area (Å²) in [5.41, 5.74) is 0.158. The third-order valence-electron chi connectivity index (χ3n) is 2.87. The predicted molar refractivity (Wildman–Crippen MR) is 82.3 cm³/mol. The van der Waals surface area contributed by atoms with E-state index in [9.17, 15) is 13.2 Å². The molecule has 0 heterocycles. The summed E-state index contributed by atoms with van der Waals surface area (Å²) in [6, 6.07) is 2.60. The zero-order valence-corrected chi connectivity index (χ0v) is 14.3. The Morgan fingerprint density at radius 2 is 2.10 bits per heavy atom. The quantitative estimate of drug-likeness (QED) is 0.818. The molecule has 0 aliphatic heterocycles. The minimum absolute atomic E-state index is 0.116. The van der Waals surface area contributed by atoms with Gasteiger partial charge in [0.25, 0.3) is 5.91 Å². The summed E-state index contributed by atoms with van der Waals surface area (Å²) >= 11 is 8.96. The van der Waals surface area contributed by atoms with Crippen molar-refractivity contribution >= 4 is 43.5 Å². The highest BCUT2D eigenvalue weighted by Gasteiger charge is 2.19. The van der Waals surface area contributed by atoms with Crippen LogP contribution in [0.5, 0.6) is 0 Å². The Kier molecular flexibility index (Phi) is 6.00. The van der Waals surface area contributed by atoms with Crippen LogP contribution in [0, 0.1) is 5.92 Å². The SMILES string of the molecule is CCC(C)CNC(=O)c1cc(Cl)c(Br)c(S(N)(=O)=O)c1. The third-order valence-corrected chi connectivity index (χ3v) is 5.45. The van der Waals surface area contributed by atoms with Crippen LogP contribution in [0.25, 0.3) is 0 Å². The lowest BCUT2D eigenvalue weighted by molar-refractivity contribution is 0.0947. The third kappa shape index (κ3) is 4.44. The van der Waals surface area contributed by atoms with Crippen molar-refractivity contribution in [3.63, 3.8) is 0 Å². The molecule has 8 heteroatoms. The van der Waals surface area contributed by atoms with Gasteiger partial charge >= 0.3 is 0 Å². The Hall–Kier alpha value is -0.630. The van der Waals surface area contributed by atoms with Gasteiger partial charge in [-0.25, -0.2) is 13.6 Å². The summed E-state index contributed by atoms with van der Waals surface area (Å²) in [5, 5.41) is 7.93. The van der Waals surface area contributed by atoms with Crippen molar-refractivity contribution in [2.24, 2.45) is 11.1 Å². The lowest BCUT2D eigenvalue weighted by Crippen LogP contribution is -2.28. The van der Waals surface area contributed by atoms with E-state index in [4.69, 9.17) is 16.7 Å². The van der Waals surface area contributed by atoms with Crippen LogP contribution in [0.4, 0.5) is 0 Å². The van der Waals surface area contributed by atoms with Crippen LogP contribution in [0.1, 0.15) is 30.6 Å². The predicted octanol–water partition coefficient (Wildman–Crippen LogP) is 2.53. The van der Waals surface area contributed by atoms with E-state index >= 15 is 0 Å². The molecule has 1 rings (SSSR count). The number of sulfonamides is 1. The van der Waals surface area contributed by atoms with Crippen LogP contribution >= 0.6 is 27.5 Å². The van der Waals surface area contributed by atoms with Gasteiger partial charge in [-0.1, -0.05) is 31.9 Å². The first-order valence-electron chi connectivity index (χ1n) is 5.96. The lowest BCUT2D eigenvalue weighted by atomic mass is 10.1. The van der Waals surface area contributed by atoms with Crippen LogP contribution in [0.3, 0.4) is 0 Å². The highest BCUT2D eigenvalue weighted by Crippen LogP contribution is 2.30. The van der Waals surface area contributed by atoms with Gasteiger partial charge in [-0.05, 0) is 34.0 Å². The zero-order valence-electron chi connectivity index (χ0n) is 11.1. The number of halogens is 2. The summed E-state index contributed by atoms with van der Waals surface area (Å²) in [6.07, 6.45) is 0.934. The monoisotopic (exact) mass is 382 g/mol. The first kappa shape index (κ1) is 17.4. The van der Waals surface area contributed by atoms with Crippen molar-refractivity contribution in [1.29, 1.82) is 0 Å². The molecule has 1 atom stereocenters. The molecule has 0 spiro atoms. The molecule has 1 aromatic carbocycles. The number of rotatable bonds is 5. The van der Waals surface area contributed by atoms with E-state index in [1.54, 1.807) is 0 Å². The van der Waals surface area contributed by atoms with E-state index < -0.39 is 10.0 Å². The Morgan fingerprint density at radius 1 is 1.50 bits per heavy atom. The number of nitrogens with one attached hydrogen (secondary N) is 1. The zero-order chi connectivity index (χ0) is 15.5. The van der Waals surface area contributed by atoms with Crippen LogP contribution in [0.15, 0.2) is 21.5 Å². The number of primary sulfonamides is 1. The van der Waals surface area contributed by atoms with Gasteiger partial charge in [-0.2, -0.15) is 0 Å². The van der Waals surface area contributed by atoms with E-state index in [0.29, 0.717) is 12.5 Å². The molecular weight excluding hydrogens is 368 g/mol. The fourth-order valence-corrected chi connectivity index (χ4v) is 3.25. The highest BCUT2D eigenvalue weighted by atomic mass is 79.9. The van der Waals surface area contributed by atoms with Crippen molar-refractivity contribution in [1.82, 2.24) is 5.32 Å². The van der Waals surface area contributed by atoms with Gasteiger partial charge in [0.05, 0.1) is 14.4 Å². The number of carbonyl (C=O) groups is 1. The molecule has 20 heavy (non-hydrogen) atoms. The lowest BCUT2D eigenvalue weighted by Gasteiger charge is -2.12. The second-order valence-electron chi connectivity index (χ2n) is 4.54. The molecule has 5 nitrogen and oxygen atoms in total. The van der Waals surface area contributed by atoms with Crippen LogP contribution in [-0.4, -0.2) is 20.9 Å². The smallest absolute Gasteiger partial charge is 0.251 e. The number of benzene rings is 1. The molecule has 0 fully saturated rings. The topological polar surface area (TPSA) is 89.3 Å². The number of carbonyl (C=O) groups excluding carboxylic acids is 1. The van der Waals surface area contributed by atoms with Gasteiger partial charge in [0.2, 0.25) is 10.0 Å². The summed E-state index contributed by atoms with van der Waals surface area (Å²) in [6.45, 7) is 4.53. The molecule has 0 aliphatic rings. The standard InChI is InChI=1S/C12H16BrClN2O3S/c1-3-7(2)6-16-12(17)8-4-9(14)11(13)10(5-8)20(15,18)19/h4-5,7H,3,6H2,1-2H3,(H,16,17)(H2,15,18,19). The molecule has 0 bridgehead atoms. The van der Waals surface area contributed by atoms with Gasteiger partial charge in [0, 0.05) is 12.1 Å². The Morgan fingerprint density at radius 3 is 2.60 bits per heavy atom. The molecule has 0 saturated carbocycles. The Balaban J connectivity index is 3.09. The Labute approximate surface area is 132 Å². The van der Waals surface area contributed by atoms with Gasteiger partial charge in [-0.15, -0.1) is 0 Å². The second kappa shape index (κ2) is 6.89. The van der Waals surface area contributed by atoms with Gasteiger partial charge in [-0.3, -0.25) is 4.79 Å². The molecular formula is C12H16BrClN2O3S. The fraction of sp³-hybridized carbons (Fsp3) is 0.417. The van der Waals surface area contributed by atoms with E-state index in [1.807, 2.05) is 13.8 Å². The maximum Gasteiger partial charge on any atom is 0.251 e. The van der Waals surface area contributed by atoms with E-state index in [0.717, 1.165) is 6.42 Å². The number of amides is 1. The largest absolute Gasteiger partial charge is 0.352 e. The molecule has 0 aromatic heterocycles. The first-order valence-corrected chi connectivity index (χ1v) is 8.68. The molecule has 1 aromatic rings. The number of hydrogen-bond acceptors (Lipinski definition) is 3. The number of hydrogen-bond donors (Lipinski definition) is 2. The maximum absolute atomic E-state index is 12.0. The Bertz CT molecular complexity index is 619. The first-order chi connectivity index (χ1) is 9.16. The minimum atomic E-state index is -3.96. The molecule has 1 amide bonds. The summed E-state index contributed by atoms with van der Waals surface area (Å²) < 4.78 is 23.1. The minimum Gasteiger partial charge on any atom is -0.352 e. The maximum atomic E-state index is 12.0. The van der Waals surface area contributed by atoms with Crippen molar-refractivity contribution < 1.29 is 13.2 Å². The molecule has 112 valence electrons. The second-order valence-corrected chi connectivity index (χ2v) is 7.27. The van der Waals surface area contributed by atoms with E-state index in [-0.39, 0.29) is 25.9 Å². The molecule has 0 aliphatic carbocycles. The van der Waals surface area contributed by atoms with Crippen molar-refractivity contribution in [2.75, 3.05) is 6.54 Å². The van der Waals surface area contributed by atoms with Crippen LogP contribution < -0.4 is 10.5 Å². The average molecular weight is 384 g/mol. The molecule has 3 N–H and O–H groups in total. The summed E-state index contributed by atoms with van der Waals surface area (Å²) in [4.78, 5) is 11.8. The highest BCUT2D eigenvalue weighted by molar-refractivity contribution is 9.10. The average Bonchev–Trinajstić information content (AvgIpc) is 2.36. The van der Waals surface area contributed by atoms with Gasteiger partial charge in [0.15, 0.2) is 0 Å². The molecule has 1 unspecified atom stereocenters. The van der Waals surface area contributed by atoms with Gasteiger partial charge < -0.3 is 5.32 Å². The summed E-state index contributed by atoms with van der Waals surface area (Å²) in [7, 11) is -3.96. The summed E-state index contributed by atoms with van der Waals surface area (Å²) in [5.74, 6) is -0.0489. The van der Waals surface area contributed by atoms with Crippen LogP contribution in [-0.2, 0) is 10.0 Å². The normalized spacial score (nSPS) is 13.1. The fourth-order valence-electron chi connectivity index (χ4n) is 1.42. The van der Waals surface area contributed by atoms with Gasteiger partial charge in [0.1, 0.15) is 0 Å².